The minimum absolute atomic E-state index is 0.0829. The number of nitrogens with two attached hydrogens (primary N) is 1. The number of nitrogen functional groups attached to an aromatic ring is 1. The Labute approximate surface area is 97.8 Å². The molecule has 0 radical (unpaired) electrons. The van der Waals surface area contributed by atoms with Gasteiger partial charge >= 0.3 is 0 Å². The molecular weight excluding hydrogens is 227 g/mol. The molecule has 0 saturated heterocycles. The van der Waals surface area contributed by atoms with Gasteiger partial charge in [-0.05, 0) is 24.3 Å². The van der Waals surface area contributed by atoms with E-state index in [1.54, 1.807) is 24.3 Å². The van der Waals surface area contributed by atoms with Crippen molar-refractivity contribution in [2.75, 3.05) is 11.1 Å². The first kappa shape index (κ1) is 10.8. The van der Waals surface area contributed by atoms with Crippen LogP contribution in [0.1, 0.15) is 0 Å². The number of hydrogen-bond donors (Lipinski definition) is 2. The van der Waals surface area contributed by atoms with Crippen LogP contribution < -0.4 is 11.1 Å². The summed E-state index contributed by atoms with van der Waals surface area (Å²) in [5.41, 5.74) is 7.26. The zero-order valence-electron chi connectivity index (χ0n) is 8.37. The van der Waals surface area contributed by atoms with Gasteiger partial charge in [0.15, 0.2) is 5.82 Å². The number of halogens is 2. The van der Waals surface area contributed by atoms with Crippen LogP contribution in [0.3, 0.4) is 0 Å². The van der Waals surface area contributed by atoms with E-state index in [0.29, 0.717) is 17.1 Å². The quantitative estimate of drug-likeness (QED) is 0.779. The topological polar surface area (TPSA) is 38.0 Å². The first-order valence-electron chi connectivity index (χ1n) is 4.74. The molecule has 0 aliphatic rings. The molecule has 0 amide bonds. The summed E-state index contributed by atoms with van der Waals surface area (Å²) >= 11 is 5.67. The number of para-hydroxylation sites is 2. The number of hydrogen-bond acceptors (Lipinski definition) is 2. The third-order valence-electron chi connectivity index (χ3n) is 2.18. The Morgan fingerprint density at radius 3 is 2.44 bits per heavy atom. The van der Waals surface area contributed by atoms with Gasteiger partial charge in [0.1, 0.15) is 0 Å². The third kappa shape index (κ3) is 2.09. The third-order valence-corrected chi connectivity index (χ3v) is 2.47. The van der Waals surface area contributed by atoms with Crippen LogP contribution in [0.25, 0.3) is 0 Å². The SMILES string of the molecule is Nc1ccccc1Nc1cccc(Cl)c1F. The standard InChI is InChI=1S/C12H10ClFN2/c13-8-4-3-7-11(12(8)14)16-10-6-2-1-5-9(10)15/h1-7,16H,15H2. The van der Waals surface area contributed by atoms with Crippen molar-refractivity contribution in [1.29, 1.82) is 0 Å². The van der Waals surface area contributed by atoms with E-state index < -0.39 is 5.82 Å². The molecule has 2 rings (SSSR count). The van der Waals surface area contributed by atoms with E-state index >= 15 is 0 Å². The van der Waals surface area contributed by atoms with Gasteiger partial charge in [0.25, 0.3) is 0 Å². The molecule has 4 heteroatoms. The summed E-state index contributed by atoms with van der Waals surface area (Å²) in [6.07, 6.45) is 0. The van der Waals surface area contributed by atoms with Crippen molar-refractivity contribution in [1.82, 2.24) is 0 Å². The monoisotopic (exact) mass is 236 g/mol. The molecular formula is C12H10ClFN2. The molecule has 2 aromatic carbocycles. The van der Waals surface area contributed by atoms with E-state index in [1.807, 2.05) is 12.1 Å². The minimum Gasteiger partial charge on any atom is -0.397 e. The van der Waals surface area contributed by atoms with Gasteiger partial charge in [-0.2, -0.15) is 0 Å². The van der Waals surface area contributed by atoms with Gasteiger partial charge in [-0.1, -0.05) is 29.8 Å². The van der Waals surface area contributed by atoms with Crippen LogP contribution in [0.15, 0.2) is 42.5 Å². The smallest absolute Gasteiger partial charge is 0.165 e. The highest BCUT2D eigenvalue weighted by Gasteiger charge is 2.06. The lowest BCUT2D eigenvalue weighted by Gasteiger charge is -2.10. The van der Waals surface area contributed by atoms with E-state index in [4.69, 9.17) is 17.3 Å². The summed E-state index contributed by atoms with van der Waals surface area (Å²) < 4.78 is 13.6. The average Bonchev–Trinajstić information content (AvgIpc) is 2.28. The second-order valence-electron chi connectivity index (χ2n) is 3.31. The van der Waals surface area contributed by atoms with Crippen LogP contribution in [0.4, 0.5) is 21.5 Å². The van der Waals surface area contributed by atoms with Crippen molar-refractivity contribution in [3.63, 3.8) is 0 Å². The largest absolute Gasteiger partial charge is 0.397 e. The molecule has 0 saturated carbocycles. The predicted octanol–water partition coefficient (Wildman–Crippen LogP) is 3.80. The summed E-state index contributed by atoms with van der Waals surface area (Å²) in [4.78, 5) is 0. The Morgan fingerprint density at radius 1 is 1.00 bits per heavy atom. The molecule has 0 spiro atoms. The molecule has 0 aliphatic carbocycles. The molecule has 3 N–H and O–H groups in total. The fraction of sp³-hybridized carbons (Fsp3) is 0. The molecule has 0 unspecified atom stereocenters. The summed E-state index contributed by atoms with van der Waals surface area (Å²) in [5, 5.41) is 2.98. The molecule has 0 heterocycles. The number of benzene rings is 2. The van der Waals surface area contributed by atoms with Gasteiger partial charge in [-0.15, -0.1) is 0 Å². The second-order valence-corrected chi connectivity index (χ2v) is 3.72. The molecule has 82 valence electrons. The molecule has 0 bridgehead atoms. The van der Waals surface area contributed by atoms with E-state index in [9.17, 15) is 4.39 Å². The summed E-state index contributed by atoms with van der Waals surface area (Å²) in [7, 11) is 0. The molecule has 0 atom stereocenters. The fourth-order valence-electron chi connectivity index (χ4n) is 1.36. The summed E-state index contributed by atoms with van der Waals surface area (Å²) in [6, 6.07) is 11.9. The van der Waals surface area contributed by atoms with Crippen LogP contribution in [0.5, 0.6) is 0 Å². The normalized spacial score (nSPS) is 10.1. The van der Waals surface area contributed by atoms with Gasteiger partial charge in [0.2, 0.25) is 0 Å². The predicted molar refractivity (Wildman–Crippen MR) is 65.5 cm³/mol. The molecule has 0 aliphatic heterocycles. The Kier molecular flexibility index (Phi) is 2.97. The molecule has 2 nitrogen and oxygen atoms in total. The highest BCUT2D eigenvalue weighted by atomic mass is 35.5. The molecule has 2 aromatic rings. The van der Waals surface area contributed by atoms with Crippen LogP contribution in [0.2, 0.25) is 5.02 Å². The molecule has 0 aromatic heterocycles. The Hall–Kier alpha value is -1.74. The minimum atomic E-state index is -0.479. The number of nitrogens with one attached hydrogen (secondary N) is 1. The van der Waals surface area contributed by atoms with Gasteiger partial charge in [0, 0.05) is 0 Å². The van der Waals surface area contributed by atoms with Gasteiger partial charge in [0.05, 0.1) is 22.1 Å². The van der Waals surface area contributed by atoms with Crippen LogP contribution in [-0.2, 0) is 0 Å². The fourth-order valence-corrected chi connectivity index (χ4v) is 1.53. The first-order chi connectivity index (χ1) is 7.68. The van der Waals surface area contributed by atoms with Gasteiger partial charge < -0.3 is 11.1 Å². The maximum Gasteiger partial charge on any atom is 0.165 e. The molecule has 0 fully saturated rings. The lowest BCUT2D eigenvalue weighted by molar-refractivity contribution is 0.632. The van der Waals surface area contributed by atoms with Crippen molar-refractivity contribution >= 4 is 28.7 Å². The maximum absolute atomic E-state index is 13.6. The van der Waals surface area contributed by atoms with Crippen LogP contribution in [-0.4, -0.2) is 0 Å². The zero-order chi connectivity index (χ0) is 11.5. The Balaban J connectivity index is 2.35. The summed E-state index contributed by atoms with van der Waals surface area (Å²) in [5.74, 6) is -0.479. The van der Waals surface area contributed by atoms with Crippen molar-refractivity contribution in [3.8, 4) is 0 Å². The van der Waals surface area contributed by atoms with Gasteiger partial charge in [-0.25, -0.2) is 4.39 Å². The average molecular weight is 237 g/mol. The van der Waals surface area contributed by atoms with Crippen molar-refractivity contribution in [2.45, 2.75) is 0 Å². The van der Waals surface area contributed by atoms with Crippen LogP contribution in [0, 0.1) is 5.82 Å². The number of anilines is 3. The maximum atomic E-state index is 13.6. The van der Waals surface area contributed by atoms with E-state index in [1.165, 1.54) is 6.07 Å². The molecule has 16 heavy (non-hydrogen) atoms. The lowest BCUT2D eigenvalue weighted by atomic mass is 10.2. The van der Waals surface area contributed by atoms with Crippen molar-refractivity contribution in [2.24, 2.45) is 0 Å². The van der Waals surface area contributed by atoms with Gasteiger partial charge in [-0.3, -0.25) is 0 Å². The number of rotatable bonds is 2. The van der Waals surface area contributed by atoms with E-state index in [2.05, 4.69) is 5.32 Å². The highest BCUT2D eigenvalue weighted by Crippen LogP contribution is 2.27. The van der Waals surface area contributed by atoms with Crippen molar-refractivity contribution in [3.05, 3.63) is 53.3 Å². The first-order valence-corrected chi connectivity index (χ1v) is 5.12. The Morgan fingerprint density at radius 2 is 1.69 bits per heavy atom. The van der Waals surface area contributed by atoms with E-state index in [-0.39, 0.29) is 5.02 Å². The van der Waals surface area contributed by atoms with E-state index in [0.717, 1.165) is 0 Å². The van der Waals surface area contributed by atoms with Crippen molar-refractivity contribution < 1.29 is 4.39 Å². The lowest BCUT2D eigenvalue weighted by Crippen LogP contribution is -1.97. The highest BCUT2D eigenvalue weighted by molar-refractivity contribution is 6.31. The zero-order valence-corrected chi connectivity index (χ0v) is 9.13. The summed E-state index contributed by atoms with van der Waals surface area (Å²) in [6.45, 7) is 0. The van der Waals surface area contributed by atoms with Crippen LogP contribution >= 0.6 is 11.6 Å². The second kappa shape index (κ2) is 4.41. The Bertz CT molecular complexity index is 514.